The molecule has 0 radical (unpaired) electrons. The fourth-order valence-electron chi connectivity index (χ4n) is 3.99. The van der Waals surface area contributed by atoms with Gasteiger partial charge in [-0.1, -0.05) is 54.2 Å². The maximum atomic E-state index is 10.8. The number of piperazine rings is 1. The van der Waals surface area contributed by atoms with Crippen molar-refractivity contribution in [3.63, 3.8) is 0 Å². The predicted molar refractivity (Wildman–Crippen MR) is 140 cm³/mol. The van der Waals surface area contributed by atoms with Gasteiger partial charge in [0.1, 0.15) is 11.6 Å². The SMILES string of the molecule is COc1cc(C(=S)N2CCN(Cc3ccccc3)CC2)cc(Cl)c1OCc1ccc([N+](=O)[O-])cc1. The van der Waals surface area contributed by atoms with Crippen molar-refractivity contribution >= 4 is 34.5 Å². The summed E-state index contributed by atoms with van der Waals surface area (Å²) in [6.07, 6.45) is 0. The highest BCUT2D eigenvalue weighted by Gasteiger charge is 2.22. The number of rotatable bonds is 8. The van der Waals surface area contributed by atoms with Crippen LogP contribution in [0.1, 0.15) is 16.7 Å². The van der Waals surface area contributed by atoms with E-state index in [1.165, 1.54) is 17.7 Å². The second kappa shape index (κ2) is 11.5. The summed E-state index contributed by atoms with van der Waals surface area (Å²) in [5.41, 5.74) is 2.93. The minimum absolute atomic E-state index is 0.0307. The van der Waals surface area contributed by atoms with Crippen molar-refractivity contribution in [2.75, 3.05) is 33.3 Å². The van der Waals surface area contributed by atoms with Crippen LogP contribution in [0.3, 0.4) is 0 Å². The van der Waals surface area contributed by atoms with Gasteiger partial charge in [0.2, 0.25) is 0 Å². The molecule has 0 saturated carbocycles. The van der Waals surface area contributed by atoms with E-state index in [9.17, 15) is 10.1 Å². The van der Waals surface area contributed by atoms with Gasteiger partial charge in [-0.3, -0.25) is 15.0 Å². The molecule has 0 spiro atoms. The zero-order valence-corrected chi connectivity index (χ0v) is 20.9. The number of thiocarbonyl (C=S) groups is 1. The van der Waals surface area contributed by atoms with E-state index in [-0.39, 0.29) is 12.3 Å². The first-order valence-electron chi connectivity index (χ1n) is 11.2. The third-order valence-electron chi connectivity index (χ3n) is 5.92. The number of nitro benzene ring substituents is 1. The topological polar surface area (TPSA) is 68.1 Å². The van der Waals surface area contributed by atoms with E-state index in [4.69, 9.17) is 33.3 Å². The first-order chi connectivity index (χ1) is 16.9. The minimum Gasteiger partial charge on any atom is -0.493 e. The molecular formula is C26H26ClN3O4S. The highest BCUT2D eigenvalue weighted by molar-refractivity contribution is 7.80. The van der Waals surface area contributed by atoms with E-state index in [0.717, 1.165) is 48.8 Å². The third kappa shape index (κ3) is 6.28. The second-order valence-corrected chi connectivity index (χ2v) is 9.05. The summed E-state index contributed by atoms with van der Waals surface area (Å²) >= 11 is 12.4. The Morgan fingerprint density at radius 3 is 2.34 bits per heavy atom. The second-order valence-electron chi connectivity index (χ2n) is 8.26. The standard InChI is InChI=1S/C26H26ClN3O4S/c1-33-24-16-21(15-23(27)25(24)34-18-20-7-9-22(10-8-20)30(31)32)26(35)29-13-11-28(12-14-29)17-19-5-3-2-4-6-19/h2-10,15-16H,11-14,17-18H2,1H3. The average Bonchev–Trinajstić information content (AvgIpc) is 2.88. The zero-order chi connectivity index (χ0) is 24.8. The van der Waals surface area contributed by atoms with E-state index >= 15 is 0 Å². The predicted octanol–water partition coefficient (Wildman–Crippen LogP) is 5.33. The molecule has 0 atom stereocenters. The fourth-order valence-corrected chi connectivity index (χ4v) is 4.55. The lowest BCUT2D eigenvalue weighted by Gasteiger charge is -2.36. The van der Waals surface area contributed by atoms with Crippen LogP contribution in [0.4, 0.5) is 5.69 Å². The summed E-state index contributed by atoms with van der Waals surface area (Å²) in [7, 11) is 1.56. The summed E-state index contributed by atoms with van der Waals surface area (Å²) < 4.78 is 11.4. The van der Waals surface area contributed by atoms with Crippen molar-refractivity contribution in [3.8, 4) is 11.5 Å². The van der Waals surface area contributed by atoms with Gasteiger partial charge in [-0.25, -0.2) is 0 Å². The molecule has 9 heteroatoms. The summed E-state index contributed by atoms with van der Waals surface area (Å²) in [6.45, 7) is 4.66. The van der Waals surface area contributed by atoms with Gasteiger partial charge in [0.25, 0.3) is 5.69 Å². The van der Waals surface area contributed by atoms with Gasteiger partial charge >= 0.3 is 0 Å². The number of non-ortho nitro benzene ring substituents is 1. The summed E-state index contributed by atoms with van der Waals surface area (Å²) in [4.78, 5) is 15.7. The number of nitro groups is 1. The van der Waals surface area contributed by atoms with E-state index in [0.29, 0.717) is 16.5 Å². The van der Waals surface area contributed by atoms with E-state index in [1.54, 1.807) is 25.3 Å². The van der Waals surface area contributed by atoms with Crippen LogP contribution in [0.25, 0.3) is 0 Å². The highest BCUT2D eigenvalue weighted by Crippen LogP contribution is 2.37. The Labute approximate surface area is 215 Å². The monoisotopic (exact) mass is 511 g/mol. The molecule has 0 bridgehead atoms. The van der Waals surface area contributed by atoms with Crippen LogP contribution < -0.4 is 9.47 Å². The van der Waals surface area contributed by atoms with Gasteiger partial charge in [0.15, 0.2) is 11.5 Å². The number of benzene rings is 3. The Bertz CT molecular complexity index is 1180. The Morgan fingerprint density at radius 2 is 1.71 bits per heavy atom. The van der Waals surface area contributed by atoms with Crippen LogP contribution in [-0.2, 0) is 13.2 Å². The molecule has 0 amide bonds. The van der Waals surface area contributed by atoms with Crippen LogP contribution in [0.15, 0.2) is 66.7 Å². The van der Waals surface area contributed by atoms with Crippen molar-refractivity contribution in [2.24, 2.45) is 0 Å². The maximum absolute atomic E-state index is 10.8. The van der Waals surface area contributed by atoms with Crippen molar-refractivity contribution in [2.45, 2.75) is 13.2 Å². The summed E-state index contributed by atoms with van der Waals surface area (Å²) in [5.74, 6) is 0.895. The van der Waals surface area contributed by atoms with Gasteiger partial charge in [-0.15, -0.1) is 0 Å². The van der Waals surface area contributed by atoms with Gasteiger partial charge in [-0.05, 0) is 35.4 Å². The summed E-state index contributed by atoms with van der Waals surface area (Å²) in [6, 6.07) is 20.3. The molecule has 4 rings (SSSR count). The number of hydrogen-bond acceptors (Lipinski definition) is 6. The molecule has 0 unspecified atom stereocenters. The lowest BCUT2D eigenvalue weighted by molar-refractivity contribution is -0.384. The fraction of sp³-hybridized carbons (Fsp3) is 0.269. The molecule has 182 valence electrons. The molecular weight excluding hydrogens is 486 g/mol. The Balaban J connectivity index is 1.39. The van der Waals surface area contributed by atoms with Crippen molar-refractivity contribution < 1.29 is 14.4 Å². The Morgan fingerprint density at radius 1 is 1.03 bits per heavy atom. The lowest BCUT2D eigenvalue weighted by atomic mass is 10.1. The smallest absolute Gasteiger partial charge is 0.269 e. The van der Waals surface area contributed by atoms with Crippen LogP contribution >= 0.6 is 23.8 Å². The third-order valence-corrected chi connectivity index (χ3v) is 6.69. The summed E-state index contributed by atoms with van der Waals surface area (Å²) in [5, 5.41) is 11.2. The molecule has 0 aromatic heterocycles. The average molecular weight is 512 g/mol. The van der Waals surface area contributed by atoms with Gasteiger partial charge in [0, 0.05) is 50.4 Å². The molecule has 7 nitrogen and oxygen atoms in total. The normalized spacial score (nSPS) is 13.9. The minimum atomic E-state index is -0.435. The van der Waals surface area contributed by atoms with Crippen LogP contribution in [0, 0.1) is 10.1 Å². The lowest BCUT2D eigenvalue weighted by Crippen LogP contribution is -2.48. The number of methoxy groups -OCH3 is 1. The largest absolute Gasteiger partial charge is 0.493 e. The van der Waals surface area contributed by atoms with Crippen LogP contribution in [-0.4, -0.2) is 53.0 Å². The van der Waals surface area contributed by atoms with Crippen molar-refractivity contribution in [3.05, 3.63) is 98.6 Å². The molecule has 1 heterocycles. The molecule has 1 fully saturated rings. The molecule has 3 aromatic rings. The Kier molecular flexibility index (Phi) is 8.17. The first kappa shape index (κ1) is 24.9. The first-order valence-corrected chi connectivity index (χ1v) is 12.0. The molecule has 0 N–H and O–H groups in total. The molecule has 35 heavy (non-hydrogen) atoms. The molecule has 0 aliphatic carbocycles. The Hall–Kier alpha value is -3.20. The molecule has 1 saturated heterocycles. The quantitative estimate of drug-likeness (QED) is 0.230. The van der Waals surface area contributed by atoms with Crippen LogP contribution in [0.2, 0.25) is 5.02 Å². The van der Waals surface area contributed by atoms with E-state index in [2.05, 4.69) is 34.1 Å². The van der Waals surface area contributed by atoms with Crippen molar-refractivity contribution in [1.82, 2.24) is 9.80 Å². The number of ether oxygens (including phenoxy) is 2. The number of halogens is 1. The maximum Gasteiger partial charge on any atom is 0.269 e. The molecule has 3 aromatic carbocycles. The van der Waals surface area contributed by atoms with Gasteiger partial charge < -0.3 is 14.4 Å². The van der Waals surface area contributed by atoms with Crippen molar-refractivity contribution in [1.29, 1.82) is 0 Å². The molecule has 1 aliphatic heterocycles. The number of hydrogen-bond donors (Lipinski definition) is 0. The molecule has 1 aliphatic rings. The van der Waals surface area contributed by atoms with Gasteiger partial charge in [0.05, 0.1) is 17.1 Å². The zero-order valence-electron chi connectivity index (χ0n) is 19.4. The van der Waals surface area contributed by atoms with E-state index < -0.39 is 4.92 Å². The van der Waals surface area contributed by atoms with Gasteiger partial charge in [-0.2, -0.15) is 0 Å². The van der Waals surface area contributed by atoms with E-state index in [1.807, 2.05) is 12.1 Å². The highest BCUT2D eigenvalue weighted by atomic mass is 35.5. The number of nitrogens with zero attached hydrogens (tertiary/aromatic N) is 3. The van der Waals surface area contributed by atoms with Crippen LogP contribution in [0.5, 0.6) is 11.5 Å².